The highest BCUT2D eigenvalue weighted by molar-refractivity contribution is 7.92. The van der Waals surface area contributed by atoms with Gasteiger partial charge in [0.1, 0.15) is 11.0 Å². The van der Waals surface area contributed by atoms with Crippen molar-refractivity contribution in [2.45, 2.75) is 25.8 Å². The SMILES string of the molecule is CCS(=O)(=O)Nc1cc(-c2cn(C)c3c(=O)[nH]ccc23)cc2c1ncn2[C@H](c1ccccn1)C1CCOCC1. The number of hydrogen-bond acceptors (Lipinski definition) is 6. The maximum absolute atomic E-state index is 12.7. The average molecular weight is 547 g/mol. The topological polar surface area (TPSA) is 124 Å². The second-order valence-electron chi connectivity index (χ2n) is 9.92. The van der Waals surface area contributed by atoms with E-state index in [0.29, 0.717) is 29.9 Å². The summed E-state index contributed by atoms with van der Waals surface area (Å²) in [4.78, 5) is 24.7. The zero-order chi connectivity index (χ0) is 27.1. The first-order valence-electron chi connectivity index (χ1n) is 13.0. The number of hydrogen-bond donors (Lipinski definition) is 2. The van der Waals surface area contributed by atoms with E-state index in [2.05, 4.69) is 14.3 Å². The van der Waals surface area contributed by atoms with E-state index >= 15 is 0 Å². The molecule has 5 heterocycles. The van der Waals surface area contributed by atoms with Gasteiger partial charge in [-0.1, -0.05) is 6.07 Å². The number of rotatable bonds is 7. The summed E-state index contributed by atoms with van der Waals surface area (Å²) in [6.45, 7) is 2.96. The summed E-state index contributed by atoms with van der Waals surface area (Å²) in [6.07, 6.45) is 8.85. The molecule has 39 heavy (non-hydrogen) atoms. The van der Waals surface area contributed by atoms with Crippen molar-refractivity contribution in [1.82, 2.24) is 24.1 Å². The zero-order valence-electron chi connectivity index (χ0n) is 21.8. The van der Waals surface area contributed by atoms with Crippen molar-refractivity contribution in [2.24, 2.45) is 13.0 Å². The lowest BCUT2D eigenvalue weighted by molar-refractivity contribution is 0.0542. The van der Waals surface area contributed by atoms with Crippen LogP contribution in [0, 0.1) is 5.92 Å². The van der Waals surface area contributed by atoms with Gasteiger partial charge in [-0.05, 0) is 61.6 Å². The normalized spacial score (nSPS) is 15.6. The predicted octanol–water partition coefficient (Wildman–Crippen LogP) is 4.06. The van der Waals surface area contributed by atoms with E-state index in [-0.39, 0.29) is 23.3 Å². The van der Waals surface area contributed by atoms with Crippen LogP contribution in [-0.4, -0.2) is 51.5 Å². The molecule has 10 nitrogen and oxygen atoms in total. The van der Waals surface area contributed by atoms with E-state index in [1.54, 1.807) is 36.3 Å². The number of benzene rings is 1. The number of H-pyrrole nitrogens is 1. The summed E-state index contributed by atoms with van der Waals surface area (Å²) < 4.78 is 37.7. The van der Waals surface area contributed by atoms with Crippen LogP contribution in [0.15, 0.2) is 66.1 Å². The maximum atomic E-state index is 12.7. The Morgan fingerprint density at radius 1 is 1.18 bits per heavy atom. The fourth-order valence-electron chi connectivity index (χ4n) is 5.62. The highest BCUT2D eigenvalue weighted by Crippen LogP contribution is 2.39. The molecular formula is C28H30N6O4S. The average Bonchev–Trinajstić information content (AvgIpc) is 3.52. The Hall–Kier alpha value is -3.96. The molecule has 2 N–H and O–H groups in total. The monoisotopic (exact) mass is 546 g/mol. The van der Waals surface area contributed by atoms with Gasteiger partial charge < -0.3 is 18.9 Å². The molecule has 1 fully saturated rings. The number of aromatic amines is 1. The van der Waals surface area contributed by atoms with E-state index in [1.807, 2.05) is 43.6 Å². The fraction of sp³-hybridized carbons (Fsp3) is 0.321. The minimum Gasteiger partial charge on any atom is -0.381 e. The smallest absolute Gasteiger partial charge is 0.272 e. The summed E-state index contributed by atoms with van der Waals surface area (Å²) in [5, 5.41) is 0.779. The molecule has 202 valence electrons. The first-order chi connectivity index (χ1) is 18.9. The number of nitrogens with zero attached hydrogens (tertiary/aromatic N) is 4. The summed E-state index contributed by atoms with van der Waals surface area (Å²) in [5.41, 5.74) is 4.62. The van der Waals surface area contributed by atoms with Gasteiger partial charge in [0.25, 0.3) is 5.56 Å². The minimum absolute atomic E-state index is 0.0677. The molecule has 11 heteroatoms. The van der Waals surface area contributed by atoms with E-state index in [9.17, 15) is 13.2 Å². The van der Waals surface area contributed by atoms with E-state index in [0.717, 1.165) is 40.6 Å². The summed E-state index contributed by atoms with van der Waals surface area (Å²) in [6, 6.07) is 11.5. The number of sulfonamides is 1. The molecule has 0 unspecified atom stereocenters. The lowest BCUT2D eigenvalue weighted by Crippen LogP contribution is -2.27. The van der Waals surface area contributed by atoms with Gasteiger partial charge >= 0.3 is 0 Å². The Morgan fingerprint density at radius 3 is 2.74 bits per heavy atom. The molecule has 1 saturated heterocycles. The van der Waals surface area contributed by atoms with Crippen molar-refractivity contribution in [1.29, 1.82) is 0 Å². The molecule has 1 aromatic carbocycles. The lowest BCUT2D eigenvalue weighted by atomic mass is 9.89. The Labute approximate surface area is 225 Å². The molecule has 0 spiro atoms. The van der Waals surface area contributed by atoms with Crippen LogP contribution in [0.2, 0.25) is 0 Å². The van der Waals surface area contributed by atoms with E-state index < -0.39 is 10.0 Å². The first-order valence-corrected chi connectivity index (χ1v) is 14.7. The second kappa shape index (κ2) is 9.97. The van der Waals surface area contributed by atoms with Crippen LogP contribution in [-0.2, 0) is 21.8 Å². The molecule has 1 aliphatic rings. The van der Waals surface area contributed by atoms with Gasteiger partial charge in [-0.2, -0.15) is 0 Å². The molecule has 0 saturated carbocycles. The number of aryl methyl sites for hydroxylation is 1. The molecule has 4 aromatic heterocycles. The Balaban J connectivity index is 1.61. The highest BCUT2D eigenvalue weighted by Gasteiger charge is 2.30. The third-order valence-electron chi connectivity index (χ3n) is 7.54. The Bertz CT molecular complexity index is 1820. The summed E-state index contributed by atoms with van der Waals surface area (Å²) >= 11 is 0. The van der Waals surface area contributed by atoms with Gasteiger partial charge in [0.15, 0.2) is 0 Å². The van der Waals surface area contributed by atoms with Crippen LogP contribution in [0.3, 0.4) is 0 Å². The van der Waals surface area contributed by atoms with Gasteiger partial charge in [0.05, 0.1) is 35.0 Å². The van der Waals surface area contributed by atoms with Gasteiger partial charge in [0, 0.05) is 49.8 Å². The van der Waals surface area contributed by atoms with Gasteiger partial charge in [-0.3, -0.25) is 14.5 Å². The molecule has 0 amide bonds. The quantitative estimate of drug-likeness (QED) is 0.317. The third-order valence-corrected chi connectivity index (χ3v) is 8.83. The van der Waals surface area contributed by atoms with Crippen LogP contribution in [0.4, 0.5) is 5.69 Å². The second-order valence-corrected chi connectivity index (χ2v) is 11.9. The molecule has 1 aliphatic heterocycles. The van der Waals surface area contributed by atoms with Gasteiger partial charge in [0.2, 0.25) is 10.0 Å². The lowest BCUT2D eigenvalue weighted by Gasteiger charge is -2.31. The Morgan fingerprint density at radius 2 is 2.00 bits per heavy atom. The van der Waals surface area contributed by atoms with Crippen LogP contribution >= 0.6 is 0 Å². The fourth-order valence-corrected chi connectivity index (χ4v) is 6.25. The van der Waals surface area contributed by atoms with Crippen LogP contribution in [0.1, 0.15) is 31.5 Å². The molecular weight excluding hydrogens is 516 g/mol. The summed E-state index contributed by atoms with van der Waals surface area (Å²) in [7, 11) is -1.75. The molecule has 6 rings (SSSR count). The molecule has 5 aromatic rings. The number of fused-ring (bicyclic) bond motifs is 2. The number of nitrogens with one attached hydrogen (secondary N) is 2. The molecule has 0 radical (unpaired) electrons. The standard InChI is InChI=1S/C28H30N6O4S/c1-3-39(36,37)32-23-14-19(21-16-33(2)27-20(21)7-11-30-28(27)35)15-24-25(23)31-17-34(24)26(18-8-12-38-13-9-18)22-6-4-5-10-29-22/h4-7,10-11,14-18,26,32H,3,8-9,12-13H2,1-2H3,(H,30,35)/t26-/m0/s1. The number of aromatic nitrogens is 5. The van der Waals surface area contributed by atoms with E-state index in [1.165, 1.54) is 0 Å². The maximum Gasteiger partial charge on any atom is 0.272 e. The minimum atomic E-state index is -3.58. The summed E-state index contributed by atoms with van der Waals surface area (Å²) in [5.74, 6) is 0.198. The van der Waals surface area contributed by atoms with Crippen LogP contribution in [0.5, 0.6) is 0 Å². The molecule has 1 atom stereocenters. The van der Waals surface area contributed by atoms with Crippen LogP contribution in [0.25, 0.3) is 33.1 Å². The third kappa shape index (κ3) is 4.61. The number of imidazole rings is 1. The van der Waals surface area contributed by atoms with Crippen molar-refractivity contribution < 1.29 is 13.2 Å². The molecule has 0 bridgehead atoms. The van der Waals surface area contributed by atoms with Gasteiger partial charge in [-0.15, -0.1) is 0 Å². The van der Waals surface area contributed by atoms with Gasteiger partial charge in [-0.25, -0.2) is 13.4 Å². The van der Waals surface area contributed by atoms with Crippen LogP contribution < -0.4 is 10.3 Å². The Kier molecular flexibility index (Phi) is 6.48. The van der Waals surface area contributed by atoms with E-state index in [4.69, 9.17) is 14.7 Å². The number of pyridine rings is 2. The molecule has 0 aliphatic carbocycles. The zero-order valence-corrected chi connectivity index (χ0v) is 22.6. The number of anilines is 1. The number of ether oxygens (including phenoxy) is 1. The largest absolute Gasteiger partial charge is 0.381 e. The van der Waals surface area contributed by atoms with Crippen molar-refractivity contribution in [3.05, 3.63) is 77.4 Å². The highest BCUT2D eigenvalue weighted by atomic mass is 32.2. The van der Waals surface area contributed by atoms with Crippen molar-refractivity contribution in [2.75, 3.05) is 23.7 Å². The van der Waals surface area contributed by atoms with Crippen molar-refractivity contribution in [3.8, 4) is 11.1 Å². The first kappa shape index (κ1) is 25.3. The van der Waals surface area contributed by atoms with Crippen molar-refractivity contribution >= 4 is 37.6 Å². The van der Waals surface area contributed by atoms with Crippen molar-refractivity contribution in [3.63, 3.8) is 0 Å². The predicted molar refractivity (Wildman–Crippen MR) is 151 cm³/mol.